The molecule has 2 aromatic carbocycles. The van der Waals surface area contributed by atoms with Crippen LogP contribution in [0.1, 0.15) is 81.8 Å². The molecule has 0 radical (unpaired) electrons. The molecule has 1 fully saturated rings. The number of fused-ring (bicyclic) bond motifs is 1. The second-order valence-corrected chi connectivity index (χ2v) is 8.27. The number of allylic oxidation sites excluding steroid dienone is 1. The van der Waals surface area contributed by atoms with Gasteiger partial charge in [0.2, 0.25) is 0 Å². The molecule has 0 N–H and O–H groups in total. The average molecular weight is 389 g/mol. The molecule has 0 atom stereocenters. The maximum atomic E-state index is 14.9. The summed E-state index contributed by atoms with van der Waals surface area (Å²) in [7, 11) is 0. The molecule has 0 heterocycles. The van der Waals surface area contributed by atoms with Crippen LogP contribution >= 0.6 is 0 Å². The fourth-order valence-corrected chi connectivity index (χ4v) is 4.64. The first-order valence-electron chi connectivity index (χ1n) is 10.8. The largest absolute Gasteiger partial charge is 0.206 e. The van der Waals surface area contributed by atoms with Crippen LogP contribution in [0.3, 0.4) is 0 Å². The van der Waals surface area contributed by atoms with Gasteiger partial charge in [-0.3, -0.25) is 0 Å². The summed E-state index contributed by atoms with van der Waals surface area (Å²) in [5.41, 5.74) is 0.835. The molecule has 0 saturated heterocycles. The van der Waals surface area contributed by atoms with Crippen molar-refractivity contribution in [2.75, 3.05) is 0 Å². The summed E-state index contributed by atoms with van der Waals surface area (Å²) < 4.78 is 44.5. The summed E-state index contributed by atoms with van der Waals surface area (Å²) in [4.78, 5) is 0. The summed E-state index contributed by atoms with van der Waals surface area (Å²) in [6.07, 6.45) is 11.7. The molecule has 3 rings (SSSR count). The summed E-state index contributed by atoms with van der Waals surface area (Å²) in [5, 5.41) is 0.245. The maximum Gasteiger partial charge on any atom is 0.169 e. The minimum atomic E-state index is -1.03. The Morgan fingerprint density at radius 3 is 2.43 bits per heavy atom. The van der Waals surface area contributed by atoms with Crippen molar-refractivity contribution in [1.82, 2.24) is 0 Å². The van der Waals surface area contributed by atoms with Gasteiger partial charge in [0.15, 0.2) is 11.6 Å². The molecule has 3 heteroatoms. The molecular formula is C25H31F3. The minimum Gasteiger partial charge on any atom is -0.206 e. The first-order valence-corrected chi connectivity index (χ1v) is 10.8. The third-order valence-electron chi connectivity index (χ3n) is 6.35. The normalized spacial score (nSPS) is 19.9. The molecule has 1 saturated carbocycles. The van der Waals surface area contributed by atoms with E-state index in [-0.39, 0.29) is 11.3 Å². The Bertz CT molecular complexity index is 816. The van der Waals surface area contributed by atoms with Gasteiger partial charge in [-0.05, 0) is 72.9 Å². The van der Waals surface area contributed by atoms with Crippen molar-refractivity contribution < 1.29 is 13.2 Å². The van der Waals surface area contributed by atoms with E-state index in [9.17, 15) is 13.2 Å². The number of halogens is 3. The quantitative estimate of drug-likeness (QED) is 0.315. The molecule has 0 aliphatic heterocycles. The van der Waals surface area contributed by atoms with E-state index < -0.39 is 17.5 Å². The van der Waals surface area contributed by atoms with Crippen LogP contribution in [0.25, 0.3) is 10.8 Å². The van der Waals surface area contributed by atoms with Crippen molar-refractivity contribution in [3.8, 4) is 0 Å². The molecule has 152 valence electrons. The van der Waals surface area contributed by atoms with Gasteiger partial charge in [-0.15, -0.1) is 6.58 Å². The van der Waals surface area contributed by atoms with E-state index in [1.165, 1.54) is 25.7 Å². The molecule has 2 aromatic rings. The Balaban J connectivity index is 1.82. The third kappa shape index (κ3) is 4.45. The molecular weight excluding hydrogens is 357 g/mol. The zero-order valence-corrected chi connectivity index (χ0v) is 16.9. The zero-order valence-electron chi connectivity index (χ0n) is 16.9. The van der Waals surface area contributed by atoms with Gasteiger partial charge in [0.1, 0.15) is 5.82 Å². The topological polar surface area (TPSA) is 0 Å². The Labute approximate surface area is 166 Å². The van der Waals surface area contributed by atoms with E-state index in [1.807, 2.05) is 0 Å². The Hall–Kier alpha value is -1.77. The minimum absolute atomic E-state index is 0.0322. The van der Waals surface area contributed by atoms with E-state index in [0.717, 1.165) is 25.7 Å². The standard InChI is InChI=1S/C25H31F3/c1-3-5-7-8-17-10-12-18(13-11-17)21-16-20-15-14-19(9-6-4-2)23(26)22(20)25(28)24(21)27/h4,14-18H,2-3,5-13H2,1H3. The smallest absolute Gasteiger partial charge is 0.169 e. The van der Waals surface area contributed by atoms with E-state index >= 15 is 0 Å². The predicted octanol–water partition coefficient (Wildman–Crippen LogP) is 8.23. The van der Waals surface area contributed by atoms with Crippen molar-refractivity contribution in [1.29, 1.82) is 0 Å². The maximum absolute atomic E-state index is 14.9. The van der Waals surface area contributed by atoms with Crippen molar-refractivity contribution >= 4 is 10.8 Å². The predicted molar refractivity (Wildman–Crippen MR) is 111 cm³/mol. The van der Waals surface area contributed by atoms with Gasteiger partial charge in [0.25, 0.3) is 0 Å². The second kappa shape index (κ2) is 9.62. The fraction of sp³-hybridized carbons (Fsp3) is 0.520. The number of hydrogen-bond donors (Lipinski definition) is 0. The molecule has 0 spiro atoms. The van der Waals surface area contributed by atoms with Crippen LogP contribution in [0, 0.1) is 23.4 Å². The summed E-state index contributed by atoms with van der Waals surface area (Å²) in [5.74, 6) is -1.79. The van der Waals surface area contributed by atoms with Crippen LogP contribution in [0.5, 0.6) is 0 Å². The first-order chi connectivity index (χ1) is 13.6. The molecule has 0 aromatic heterocycles. The molecule has 0 nitrogen and oxygen atoms in total. The number of benzene rings is 2. The van der Waals surface area contributed by atoms with Gasteiger partial charge in [0, 0.05) is 0 Å². The van der Waals surface area contributed by atoms with Gasteiger partial charge in [-0.2, -0.15) is 0 Å². The highest BCUT2D eigenvalue weighted by molar-refractivity contribution is 5.85. The van der Waals surface area contributed by atoms with Gasteiger partial charge in [0.05, 0.1) is 5.39 Å². The molecule has 1 aliphatic carbocycles. The van der Waals surface area contributed by atoms with E-state index in [1.54, 1.807) is 24.3 Å². The van der Waals surface area contributed by atoms with Crippen molar-refractivity contribution in [2.45, 2.75) is 77.0 Å². The number of hydrogen-bond acceptors (Lipinski definition) is 0. The van der Waals surface area contributed by atoms with E-state index in [4.69, 9.17) is 0 Å². The molecule has 0 unspecified atom stereocenters. The van der Waals surface area contributed by atoms with Crippen molar-refractivity contribution in [2.24, 2.45) is 5.92 Å². The van der Waals surface area contributed by atoms with Crippen LogP contribution in [-0.2, 0) is 6.42 Å². The number of unbranched alkanes of at least 4 members (excludes halogenated alkanes) is 2. The highest BCUT2D eigenvalue weighted by atomic mass is 19.2. The molecule has 28 heavy (non-hydrogen) atoms. The van der Waals surface area contributed by atoms with Gasteiger partial charge >= 0.3 is 0 Å². The molecule has 0 bridgehead atoms. The monoisotopic (exact) mass is 388 g/mol. The van der Waals surface area contributed by atoms with Crippen LogP contribution < -0.4 is 0 Å². The second-order valence-electron chi connectivity index (χ2n) is 8.27. The highest BCUT2D eigenvalue weighted by Gasteiger charge is 2.27. The van der Waals surface area contributed by atoms with Gasteiger partial charge in [-0.1, -0.05) is 50.8 Å². The summed E-state index contributed by atoms with van der Waals surface area (Å²) in [6, 6.07) is 5.09. The van der Waals surface area contributed by atoms with Crippen LogP contribution in [-0.4, -0.2) is 0 Å². The van der Waals surface area contributed by atoms with Crippen molar-refractivity contribution in [3.05, 3.63) is 59.4 Å². The third-order valence-corrected chi connectivity index (χ3v) is 6.35. The van der Waals surface area contributed by atoms with Crippen LogP contribution in [0.15, 0.2) is 30.9 Å². The lowest BCUT2D eigenvalue weighted by Crippen LogP contribution is -2.15. The van der Waals surface area contributed by atoms with Crippen LogP contribution in [0.4, 0.5) is 13.2 Å². The Morgan fingerprint density at radius 2 is 1.75 bits per heavy atom. The van der Waals surface area contributed by atoms with Gasteiger partial charge < -0.3 is 0 Å². The van der Waals surface area contributed by atoms with Gasteiger partial charge in [-0.25, -0.2) is 13.2 Å². The highest BCUT2D eigenvalue weighted by Crippen LogP contribution is 2.41. The van der Waals surface area contributed by atoms with E-state index in [0.29, 0.717) is 35.3 Å². The zero-order chi connectivity index (χ0) is 20.1. The summed E-state index contributed by atoms with van der Waals surface area (Å²) >= 11 is 0. The SMILES string of the molecule is C=CCCc1ccc2cc(C3CCC(CCCCC)CC3)c(F)c(F)c2c1F. The Kier molecular flexibility index (Phi) is 7.20. The molecule has 0 amide bonds. The number of rotatable bonds is 8. The van der Waals surface area contributed by atoms with E-state index in [2.05, 4.69) is 13.5 Å². The molecule has 1 aliphatic rings. The lowest BCUT2D eigenvalue weighted by molar-refractivity contribution is 0.298. The first kappa shape index (κ1) is 21.0. The lowest BCUT2D eigenvalue weighted by atomic mass is 9.76. The summed E-state index contributed by atoms with van der Waals surface area (Å²) in [6.45, 7) is 5.84. The van der Waals surface area contributed by atoms with Crippen LogP contribution in [0.2, 0.25) is 0 Å². The van der Waals surface area contributed by atoms with Crippen molar-refractivity contribution in [3.63, 3.8) is 0 Å². The number of aryl methyl sites for hydroxylation is 1. The average Bonchev–Trinajstić information content (AvgIpc) is 2.71. The lowest BCUT2D eigenvalue weighted by Gasteiger charge is -2.29. The fourth-order valence-electron chi connectivity index (χ4n) is 4.64. The Morgan fingerprint density at radius 1 is 1.00 bits per heavy atom.